The molecule has 216 valence electrons. The molecule has 8 nitrogen and oxygen atoms in total. The van der Waals surface area contributed by atoms with E-state index in [2.05, 4.69) is 34.5 Å². The van der Waals surface area contributed by atoms with Crippen LogP contribution in [-0.4, -0.2) is 29.1 Å². The number of fused-ring (bicyclic) bond motifs is 6. The van der Waals surface area contributed by atoms with E-state index in [9.17, 15) is 14.4 Å². The Kier molecular flexibility index (Phi) is 5.85. The van der Waals surface area contributed by atoms with Gasteiger partial charge in [0.15, 0.2) is 15.3 Å². The van der Waals surface area contributed by atoms with Gasteiger partial charge >= 0.3 is 0 Å². The fourth-order valence-electron chi connectivity index (χ4n) is 6.43. The Balaban J connectivity index is 1.29. The van der Waals surface area contributed by atoms with Crippen molar-refractivity contribution >= 4 is 67.5 Å². The van der Waals surface area contributed by atoms with Crippen molar-refractivity contribution in [3.63, 3.8) is 0 Å². The molecule has 8 rings (SSSR count). The van der Waals surface area contributed by atoms with Gasteiger partial charge in [-0.05, 0) is 59.5 Å². The van der Waals surface area contributed by atoms with E-state index >= 15 is 0 Å². The molecule has 0 N–H and O–H groups in total. The molecule has 4 aromatic carbocycles. The first-order valence-corrected chi connectivity index (χ1v) is 15.8. The molecule has 2 aliphatic rings. The fraction of sp³-hybridized carbons (Fsp3) is 0.147. The molecule has 0 saturated carbocycles. The van der Waals surface area contributed by atoms with Gasteiger partial charge in [0.05, 0.1) is 10.9 Å². The summed E-state index contributed by atoms with van der Waals surface area (Å²) < 4.78 is 6.85. The molecule has 1 atom stereocenters. The molecule has 0 saturated heterocycles. The molecule has 6 aromatic rings. The van der Waals surface area contributed by atoms with Crippen LogP contribution in [0.2, 0.25) is 0 Å². The second-order valence-corrected chi connectivity index (χ2v) is 13.3. The molecule has 0 aliphatic carbocycles. The molecule has 10 heteroatoms. The Labute approximate surface area is 259 Å². The number of benzene rings is 4. The van der Waals surface area contributed by atoms with E-state index in [0.717, 1.165) is 27.5 Å². The predicted octanol–water partition coefficient (Wildman–Crippen LogP) is 6.59. The molecule has 2 aromatic heterocycles. The van der Waals surface area contributed by atoms with Gasteiger partial charge in [0.2, 0.25) is 10.9 Å². The number of aromatic nitrogens is 2. The number of hydrogen-bond donors (Lipinski definition) is 0. The summed E-state index contributed by atoms with van der Waals surface area (Å²) in [5.74, 6) is -0.535. The predicted molar refractivity (Wildman–Crippen MR) is 173 cm³/mol. The average molecular weight is 617 g/mol. The SMILES string of the molecule is Cc1cc2oc3c(c(=O)c2cc1C)C1(C(=O)N(C)c2ccccc21)N(c1nnc(SCc2cccc4ccccc24)s1)C3=O. The quantitative estimate of drug-likeness (QED) is 0.163. The number of amides is 2. The largest absolute Gasteiger partial charge is 0.450 e. The van der Waals surface area contributed by atoms with Crippen LogP contribution >= 0.6 is 23.1 Å². The molecular weight excluding hydrogens is 593 g/mol. The van der Waals surface area contributed by atoms with Gasteiger partial charge < -0.3 is 9.32 Å². The average Bonchev–Trinajstić information content (AvgIpc) is 3.66. The molecule has 1 spiro atoms. The van der Waals surface area contributed by atoms with E-state index in [0.29, 0.717) is 32.3 Å². The Morgan fingerprint density at radius 3 is 2.50 bits per heavy atom. The monoisotopic (exact) mass is 616 g/mol. The third-order valence-electron chi connectivity index (χ3n) is 8.69. The van der Waals surface area contributed by atoms with E-state index in [1.54, 1.807) is 31.3 Å². The maximum atomic E-state index is 14.4. The molecule has 0 radical (unpaired) electrons. The van der Waals surface area contributed by atoms with E-state index < -0.39 is 22.8 Å². The highest BCUT2D eigenvalue weighted by atomic mass is 32.2. The number of anilines is 2. The van der Waals surface area contributed by atoms with Crippen molar-refractivity contribution in [2.24, 2.45) is 0 Å². The molecule has 4 heterocycles. The van der Waals surface area contributed by atoms with Gasteiger partial charge in [-0.1, -0.05) is 83.8 Å². The third-order valence-corrected chi connectivity index (χ3v) is 10.8. The number of para-hydroxylation sites is 1. The van der Waals surface area contributed by atoms with Gasteiger partial charge in [-0.2, -0.15) is 0 Å². The summed E-state index contributed by atoms with van der Waals surface area (Å²) in [5.41, 5.74) is 2.26. The molecule has 1 unspecified atom stereocenters. The molecule has 0 bridgehead atoms. The number of hydrogen-bond acceptors (Lipinski definition) is 8. The Hall–Kier alpha value is -4.80. The first-order valence-electron chi connectivity index (χ1n) is 14.0. The Morgan fingerprint density at radius 1 is 0.886 bits per heavy atom. The van der Waals surface area contributed by atoms with Crippen molar-refractivity contribution in [2.75, 3.05) is 16.8 Å². The highest BCUT2D eigenvalue weighted by molar-refractivity contribution is 8.00. The van der Waals surface area contributed by atoms with Crippen molar-refractivity contribution in [1.82, 2.24) is 10.2 Å². The molecule has 2 aliphatic heterocycles. The lowest BCUT2D eigenvalue weighted by molar-refractivity contribution is -0.121. The van der Waals surface area contributed by atoms with E-state index in [4.69, 9.17) is 4.42 Å². The second kappa shape index (κ2) is 9.60. The van der Waals surface area contributed by atoms with Gasteiger partial charge in [-0.25, -0.2) is 0 Å². The van der Waals surface area contributed by atoms with E-state index in [-0.39, 0.29) is 16.5 Å². The topological polar surface area (TPSA) is 96.6 Å². The molecule has 0 fully saturated rings. The minimum absolute atomic E-state index is 0.0141. The highest BCUT2D eigenvalue weighted by Gasteiger charge is 2.66. The van der Waals surface area contributed by atoms with Crippen molar-refractivity contribution in [3.8, 4) is 0 Å². The maximum Gasteiger partial charge on any atom is 0.297 e. The van der Waals surface area contributed by atoms with Crippen LogP contribution in [-0.2, 0) is 16.1 Å². The second-order valence-electron chi connectivity index (χ2n) is 11.1. The normalized spacial score (nSPS) is 17.3. The van der Waals surface area contributed by atoms with Crippen LogP contribution in [0.5, 0.6) is 0 Å². The third kappa shape index (κ3) is 3.55. The summed E-state index contributed by atoms with van der Waals surface area (Å²) in [7, 11) is 1.65. The molecule has 44 heavy (non-hydrogen) atoms. The minimum Gasteiger partial charge on any atom is -0.450 e. The van der Waals surface area contributed by atoms with Crippen LogP contribution in [0.4, 0.5) is 10.8 Å². The lowest BCUT2D eigenvalue weighted by atomic mass is 9.84. The molecule has 2 amide bonds. The van der Waals surface area contributed by atoms with E-state index in [1.807, 2.05) is 44.2 Å². The minimum atomic E-state index is -1.78. The van der Waals surface area contributed by atoms with Crippen LogP contribution in [0.1, 0.15) is 38.4 Å². The zero-order chi connectivity index (χ0) is 30.3. The maximum absolute atomic E-state index is 14.4. The van der Waals surface area contributed by atoms with Gasteiger partial charge in [0.1, 0.15) is 5.58 Å². The van der Waals surface area contributed by atoms with Gasteiger partial charge in [0.25, 0.3) is 11.8 Å². The first-order chi connectivity index (χ1) is 21.3. The van der Waals surface area contributed by atoms with Crippen LogP contribution in [0.3, 0.4) is 0 Å². The van der Waals surface area contributed by atoms with Gasteiger partial charge in [-0.3, -0.25) is 19.3 Å². The lowest BCUT2D eigenvalue weighted by Crippen LogP contribution is -2.53. The Morgan fingerprint density at radius 2 is 1.64 bits per heavy atom. The van der Waals surface area contributed by atoms with Gasteiger partial charge in [-0.15, -0.1) is 10.2 Å². The van der Waals surface area contributed by atoms with Crippen LogP contribution < -0.4 is 15.2 Å². The zero-order valence-corrected chi connectivity index (χ0v) is 25.6. The smallest absolute Gasteiger partial charge is 0.297 e. The summed E-state index contributed by atoms with van der Waals surface area (Å²) in [6.07, 6.45) is 0. The van der Waals surface area contributed by atoms with Crippen LogP contribution in [0.25, 0.3) is 21.7 Å². The van der Waals surface area contributed by atoms with Gasteiger partial charge in [0, 0.05) is 24.1 Å². The summed E-state index contributed by atoms with van der Waals surface area (Å²) in [6.45, 7) is 3.83. The number of carbonyl (C=O) groups is 2. The van der Waals surface area contributed by atoms with Crippen molar-refractivity contribution < 1.29 is 14.0 Å². The summed E-state index contributed by atoms with van der Waals surface area (Å²) in [6, 6.07) is 25.2. The van der Waals surface area contributed by atoms with Crippen molar-refractivity contribution in [3.05, 3.63) is 123 Å². The number of nitrogens with zero attached hydrogens (tertiary/aromatic N) is 4. The van der Waals surface area contributed by atoms with E-state index in [1.165, 1.54) is 32.9 Å². The number of likely N-dealkylation sites (N-methyl/N-ethyl adjacent to an activating group) is 1. The summed E-state index contributed by atoms with van der Waals surface area (Å²) in [4.78, 5) is 46.0. The van der Waals surface area contributed by atoms with Crippen molar-refractivity contribution in [1.29, 1.82) is 0 Å². The Bertz CT molecular complexity index is 2270. The highest BCUT2D eigenvalue weighted by Crippen LogP contribution is 2.54. The number of aryl methyl sites for hydroxylation is 2. The van der Waals surface area contributed by atoms with Crippen molar-refractivity contribution in [2.45, 2.75) is 29.5 Å². The number of thioether (sulfide) groups is 1. The molecular formula is C34H24N4O4S2. The lowest BCUT2D eigenvalue weighted by Gasteiger charge is -2.31. The fourth-order valence-corrected chi connectivity index (χ4v) is 8.33. The summed E-state index contributed by atoms with van der Waals surface area (Å²) in [5, 5.41) is 11.7. The summed E-state index contributed by atoms with van der Waals surface area (Å²) >= 11 is 2.72. The number of carbonyl (C=O) groups excluding carboxylic acids is 2. The first kappa shape index (κ1) is 26.8. The number of rotatable bonds is 4. The zero-order valence-electron chi connectivity index (χ0n) is 24.0. The standard InChI is InChI=1S/C34H24N4O4S2/c1-18-15-23-26(16-19(18)2)42-29-27(28(23)39)34(24-13-6-7-14-25(24)37(3)31(34)41)38(30(29)40)32-35-36-33(44-32)43-17-21-11-8-10-20-9-4-5-12-22(20)21/h4-16H,17H2,1-3H3. The van der Waals surface area contributed by atoms with Crippen LogP contribution in [0.15, 0.2) is 92.4 Å². The van der Waals surface area contributed by atoms with Crippen LogP contribution in [0, 0.1) is 13.8 Å².